The summed E-state index contributed by atoms with van der Waals surface area (Å²) in [5, 5.41) is 32.5. The molecule has 1 aliphatic heterocycles. The molecule has 2 atom stereocenters. The highest BCUT2D eigenvalue weighted by molar-refractivity contribution is 5.95. The number of amides is 7. The summed E-state index contributed by atoms with van der Waals surface area (Å²) in [7, 11) is 0. The summed E-state index contributed by atoms with van der Waals surface area (Å²) in [5.74, 6) is -0.952. The van der Waals surface area contributed by atoms with Crippen LogP contribution in [0.4, 0.5) is 15.3 Å². The molecule has 3 aromatic rings. The number of anilines is 1. The first-order valence-electron chi connectivity index (χ1n) is 23.5. The Kier molecular flexibility index (Phi) is 22.4. The molecule has 19 heteroatoms. The normalized spacial score (nSPS) is 13.3. The van der Waals surface area contributed by atoms with Crippen molar-refractivity contribution in [1.29, 1.82) is 0 Å². The van der Waals surface area contributed by atoms with Crippen LogP contribution in [0.15, 0.2) is 77.8 Å². The number of alkyl carbamates (subject to hydrolysis) is 1. The number of fused-ring (bicyclic) bond motifs is 1. The van der Waals surface area contributed by atoms with Gasteiger partial charge < -0.3 is 52.8 Å². The Balaban J connectivity index is 1.36. The molecule has 0 saturated carbocycles. The minimum atomic E-state index is -0.962. The number of nitrogens with zero attached hydrogens (tertiary/aromatic N) is 2. The van der Waals surface area contributed by atoms with Crippen LogP contribution in [0.2, 0.25) is 0 Å². The Bertz CT molecular complexity index is 2120. The molecule has 68 heavy (non-hydrogen) atoms. The number of nitrogens with two attached hydrogens (primary N) is 1. The standard InChI is InChI=1S/C49H71N11O8/c1-5-41(62)53-28-29-55-47(66)59-46(50)54-25-12-18-40(44(64)57-31-34-20-22-39(61)23-21-34)58-45(65)43(60-32-36-14-8-9-15-37(36)33-60)35-16-11-17-38(30-35)51-26-13-27-52-42(63)19-7-6-10-24-56-48(67)68-49(2,3)4/h8-9,11,14-17,20-23,30,40,43,51,61H,5-7,10,12-13,18-19,24-29,31-33H2,1-4H3,(H,52,63)(H,53,62)(H,56,67)(H,57,64)(H,58,65)(H4,50,54,55,59,66)/t40-,43+/m1/s1. The molecule has 0 saturated heterocycles. The monoisotopic (exact) mass is 942 g/mol. The van der Waals surface area contributed by atoms with Gasteiger partial charge in [-0.3, -0.25) is 34.4 Å². The third kappa shape index (κ3) is 20.3. The lowest BCUT2D eigenvalue weighted by Crippen LogP contribution is -2.50. The maximum atomic E-state index is 14.6. The van der Waals surface area contributed by atoms with Crippen molar-refractivity contribution in [3.05, 3.63) is 95.1 Å². The number of phenols is 1. The van der Waals surface area contributed by atoms with Gasteiger partial charge in [-0.1, -0.05) is 61.9 Å². The van der Waals surface area contributed by atoms with Gasteiger partial charge in [0.25, 0.3) is 0 Å². The van der Waals surface area contributed by atoms with Gasteiger partial charge in [-0.05, 0) is 99.4 Å². The van der Waals surface area contributed by atoms with Crippen molar-refractivity contribution < 1.29 is 38.6 Å². The predicted octanol–water partition coefficient (Wildman–Crippen LogP) is 4.17. The zero-order valence-electron chi connectivity index (χ0n) is 39.9. The van der Waals surface area contributed by atoms with Gasteiger partial charge in [-0.25, -0.2) is 9.59 Å². The molecule has 0 aliphatic carbocycles. The zero-order chi connectivity index (χ0) is 49.3. The second-order valence-electron chi connectivity index (χ2n) is 17.5. The maximum Gasteiger partial charge on any atom is 0.407 e. The number of guanidine groups is 1. The van der Waals surface area contributed by atoms with Crippen molar-refractivity contribution in [2.45, 2.75) is 116 Å². The number of urea groups is 1. The van der Waals surface area contributed by atoms with Gasteiger partial charge >= 0.3 is 12.1 Å². The van der Waals surface area contributed by atoms with E-state index in [1.54, 1.807) is 19.1 Å². The summed E-state index contributed by atoms with van der Waals surface area (Å²) in [6.07, 6.45) is 3.75. The lowest BCUT2D eigenvalue weighted by Gasteiger charge is -2.29. The number of phenolic OH excluding ortho intramolecular Hbond substituents is 1. The molecule has 370 valence electrons. The van der Waals surface area contributed by atoms with Gasteiger partial charge in [0.15, 0.2) is 5.96 Å². The molecule has 19 nitrogen and oxygen atoms in total. The predicted molar refractivity (Wildman–Crippen MR) is 261 cm³/mol. The third-order valence-electron chi connectivity index (χ3n) is 10.7. The molecule has 4 rings (SSSR count). The van der Waals surface area contributed by atoms with Crippen LogP contribution in [0.5, 0.6) is 5.75 Å². The van der Waals surface area contributed by atoms with Crippen molar-refractivity contribution in [3.63, 3.8) is 0 Å². The van der Waals surface area contributed by atoms with Crippen molar-refractivity contribution in [3.8, 4) is 5.75 Å². The quantitative estimate of drug-likeness (QED) is 0.0310. The van der Waals surface area contributed by atoms with Crippen LogP contribution in [-0.2, 0) is 43.5 Å². The molecule has 7 amide bonds. The highest BCUT2D eigenvalue weighted by Crippen LogP contribution is 2.33. The van der Waals surface area contributed by atoms with E-state index < -0.39 is 35.7 Å². The van der Waals surface area contributed by atoms with E-state index in [2.05, 4.69) is 52.4 Å². The van der Waals surface area contributed by atoms with Gasteiger partial charge in [0.1, 0.15) is 23.4 Å². The van der Waals surface area contributed by atoms with Crippen LogP contribution < -0.4 is 48.3 Å². The van der Waals surface area contributed by atoms with Crippen molar-refractivity contribution in [2.24, 2.45) is 10.7 Å². The molecule has 11 N–H and O–H groups in total. The number of benzene rings is 3. The molecule has 0 spiro atoms. The number of rotatable bonds is 26. The van der Waals surface area contributed by atoms with Gasteiger partial charge in [0.2, 0.25) is 23.6 Å². The van der Waals surface area contributed by atoms with Crippen LogP contribution >= 0.6 is 0 Å². The average Bonchev–Trinajstić information content (AvgIpc) is 3.72. The lowest BCUT2D eigenvalue weighted by molar-refractivity contribution is -0.132. The smallest absolute Gasteiger partial charge is 0.407 e. The minimum absolute atomic E-state index is 0.0269. The number of carbonyl (C=O) groups is 6. The first kappa shape index (κ1) is 53.7. The van der Waals surface area contributed by atoms with Crippen LogP contribution in [0.1, 0.15) is 107 Å². The maximum absolute atomic E-state index is 14.6. The average molecular weight is 942 g/mol. The highest BCUT2D eigenvalue weighted by atomic mass is 16.6. The number of unbranched alkanes of at least 4 members (excludes halogenated alkanes) is 2. The number of nitrogens with one attached hydrogen (secondary N) is 8. The van der Waals surface area contributed by atoms with E-state index in [1.807, 2.05) is 69.3 Å². The van der Waals surface area contributed by atoms with Gasteiger partial charge in [-0.15, -0.1) is 0 Å². The van der Waals surface area contributed by atoms with E-state index >= 15 is 0 Å². The molecular weight excluding hydrogens is 871 g/mol. The second-order valence-corrected chi connectivity index (χ2v) is 17.5. The first-order valence-corrected chi connectivity index (χ1v) is 23.5. The van der Waals surface area contributed by atoms with Gasteiger partial charge in [-0.2, -0.15) is 0 Å². The summed E-state index contributed by atoms with van der Waals surface area (Å²) >= 11 is 0. The molecule has 0 fully saturated rings. The lowest BCUT2D eigenvalue weighted by atomic mass is 10.0. The van der Waals surface area contributed by atoms with Gasteiger partial charge in [0, 0.05) is 77.4 Å². The summed E-state index contributed by atoms with van der Waals surface area (Å²) in [4.78, 5) is 82.7. The van der Waals surface area contributed by atoms with E-state index in [1.165, 1.54) is 12.1 Å². The van der Waals surface area contributed by atoms with Crippen LogP contribution in [0.3, 0.4) is 0 Å². The summed E-state index contributed by atoms with van der Waals surface area (Å²) < 4.78 is 5.24. The van der Waals surface area contributed by atoms with Crippen molar-refractivity contribution >= 4 is 47.4 Å². The zero-order valence-corrected chi connectivity index (χ0v) is 39.9. The fourth-order valence-electron chi connectivity index (χ4n) is 7.26. The number of hydrogen-bond acceptors (Lipinski definition) is 11. The van der Waals surface area contributed by atoms with E-state index in [9.17, 15) is 33.9 Å². The highest BCUT2D eigenvalue weighted by Gasteiger charge is 2.34. The van der Waals surface area contributed by atoms with Crippen molar-refractivity contribution in [1.82, 2.24) is 42.1 Å². The Morgan fingerprint density at radius 3 is 2.15 bits per heavy atom. The van der Waals surface area contributed by atoms with Crippen LogP contribution in [0.25, 0.3) is 0 Å². The summed E-state index contributed by atoms with van der Waals surface area (Å²) in [5.41, 5.74) is 9.92. The van der Waals surface area contributed by atoms with Crippen LogP contribution in [-0.4, -0.2) is 103 Å². The Hall–Kier alpha value is -6.89. The first-order chi connectivity index (χ1) is 32.6. The summed E-state index contributed by atoms with van der Waals surface area (Å²) in [6, 6.07) is 19.8. The molecule has 0 unspecified atom stereocenters. The van der Waals surface area contributed by atoms with Crippen LogP contribution in [0, 0.1) is 0 Å². The molecule has 3 aromatic carbocycles. The molecule has 0 aromatic heterocycles. The Labute approximate surface area is 399 Å². The molecule has 0 bridgehead atoms. The Morgan fingerprint density at radius 1 is 0.750 bits per heavy atom. The third-order valence-corrected chi connectivity index (χ3v) is 10.7. The SMILES string of the molecule is CCC(=O)NCCNC(=O)NC(N)=NCCC[C@@H](NC(=O)[C@H](c1cccc(NCCCNC(=O)CCCCCNC(=O)OC(C)(C)C)c1)N1Cc2ccccc2C1)C(=O)NCc1ccc(O)cc1. The second kappa shape index (κ2) is 28.3. The largest absolute Gasteiger partial charge is 0.508 e. The fraction of sp³-hybridized carbons (Fsp3) is 0.490. The number of hydrogen-bond donors (Lipinski definition) is 10. The summed E-state index contributed by atoms with van der Waals surface area (Å²) in [6.45, 7) is 10.5. The molecule has 0 radical (unpaired) electrons. The number of ether oxygens (including phenoxy) is 1. The van der Waals surface area contributed by atoms with Gasteiger partial charge in [0.05, 0.1) is 0 Å². The fourth-order valence-corrected chi connectivity index (χ4v) is 7.26. The number of aliphatic imine (C=N–C) groups is 1. The van der Waals surface area contributed by atoms with E-state index in [-0.39, 0.29) is 62.0 Å². The van der Waals surface area contributed by atoms with E-state index in [0.29, 0.717) is 64.8 Å². The minimum Gasteiger partial charge on any atom is -0.508 e. The van der Waals surface area contributed by atoms with E-state index in [0.717, 1.165) is 40.8 Å². The number of carbonyl (C=O) groups excluding carboxylic acids is 6. The molecule has 1 heterocycles. The molecule has 1 aliphatic rings. The topological polar surface area (TPSA) is 270 Å². The number of aromatic hydroxyl groups is 1. The Morgan fingerprint density at radius 2 is 1.44 bits per heavy atom. The van der Waals surface area contributed by atoms with E-state index in [4.69, 9.17) is 10.5 Å². The molecular formula is C49H71N11O8. The van der Waals surface area contributed by atoms with Crippen molar-refractivity contribution in [2.75, 3.05) is 44.6 Å².